The molecule has 0 saturated carbocycles. The SMILES string of the molecule is CCN(CCCNC(=O)CN1C(=O)N=C2C=CC=CC2C1=O)c1ccccc1. The maximum absolute atomic E-state index is 12.5. The number of hydrogen-bond donors (Lipinski definition) is 1. The summed E-state index contributed by atoms with van der Waals surface area (Å²) in [5.41, 5.74) is 1.57. The van der Waals surface area contributed by atoms with Crippen LogP contribution in [0.15, 0.2) is 59.6 Å². The first-order valence-corrected chi connectivity index (χ1v) is 9.45. The molecule has 1 unspecified atom stereocenters. The van der Waals surface area contributed by atoms with Crippen LogP contribution in [-0.2, 0) is 9.59 Å². The average molecular weight is 380 g/mol. The molecule has 0 saturated heterocycles. The van der Waals surface area contributed by atoms with E-state index in [-0.39, 0.29) is 12.5 Å². The average Bonchev–Trinajstić information content (AvgIpc) is 2.72. The molecule has 7 nitrogen and oxygen atoms in total. The lowest BCUT2D eigenvalue weighted by molar-refractivity contribution is -0.134. The van der Waals surface area contributed by atoms with Crippen molar-refractivity contribution >= 4 is 29.2 Å². The number of para-hydroxylation sites is 1. The third-order valence-electron chi connectivity index (χ3n) is 4.72. The van der Waals surface area contributed by atoms with Crippen LogP contribution < -0.4 is 10.2 Å². The molecule has 0 bridgehead atoms. The van der Waals surface area contributed by atoms with Crippen LogP contribution in [0.25, 0.3) is 0 Å². The molecule has 146 valence electrons. The maximum Gasteiger partial charge on any atom is 0.351 e. The van der Waals surface area contributed by atoms with E-state index in [4.69, 9.17) is 0 Å². The Morgan fingerprint density at radius 2 is 2.00 bits per heavy atom. The number of anilines is 1. The first-order valence-electron chi connectivity index (χ1n) is 9.45. The number of fused-ring (bicyclic) bond motifs is 1. The van der Waals surface area contributed by atoms with E-state index in [1.54, 1.807) is 24.3 Å². The quantitative estimate of drug-likeness (QED) is 0.701. The van der Waals surface area contributed by atoms with Crippen LogP contribution in [0.4, 0.5) is 10.5 Å². The number of carbonyl (C=O) groups is 3. The molecular formula is C21H24N4O3. The summed E-state index contributed by atoms with van der Waals surface area (Å²) < 4.78 is 0. The molecule has 1 aromatic carbocycles. The number of aliphatic imine (C=N–C) groups is 1. The van der Waals surface area contributed by atoms with Gasteiger partial charge in [-0.05, 0) is 31.6 Å². The van der Waals surface area contributed by atoms with E-state index in [1.165, 1.54) is 0 Å². The Labute approximate surface area is 164 Å². The number of amides is 4. The highest BCUT2D eigenvalue weighted by atomic mass is 16.2. The molecule has 1 atom stereocenters. The zero-order valence-electron chi connectivity index (χ0n) is 15.9. The summed E-state index contributed by atoms with van der Waals surface area (Å²) in [6.07, 6.45) is 7.55. The summed E-state index contributed by atoms with van der Waals surface area (Å²) in [4.78, 5) is 43.8. The largest absolute Gasteiger partial charge is 0.372 e. The predicted molar refractivity (Wildman–Crippen MR) is 108 cm³/mol. The van der Waals surface area contributed by atoms with Crippen molar-refractivity contribution < 1.29 is 14.4 Å². The fraction of sp³-hybridized carbons (Fsp3) is 0.333. The van der Waals surface area contributed by atoms with E-state index < -0.39 is 17.9 Å². The number of benzene rings is 1. The summed E-state index contributed by atoms with van der Waals surface area (Å²) in [6.45, 7) is 3.92. The van der Waals surface area contributed by atoms with Crippen molar-refractivity contribution in [3.63, 3.8) is 0 Å². The van der Waals surface area contributed by atoms with Gasteiger partial charge >= 0.3 is 6.03 Å². The zero-order chi connectivity index (χ0) is 19.9. The Hall–Kier alpha value is -3.22. The van der Waals surface area contributed by atoms with Crippen LogP contribution in [0.5, 0.6) is 0 Å². The Morgan fingerprint density at radius 3 is 2.75 bits per heavy atom. The maximum atomic E-state index is 12.5. The lowest BCUT2D eigenvalue weighted by Crippen LogP contribution is -2.50. The number of imide groups is 1. The molecule has 7 heteroatoms. The predicted octanol–water partition coefficient (Wildman–Crippen LogP) is 2.16. The molecule has 1 aliphatic heterocycles. The second-order valence-corrected chi connectivity index (χ2v) is 6.58. The minimum atomic E-state index is -0.687. The van der Waals surface area contributed by atoms with Crippen LogP contribution >= 0.6 is 0 Å². The van der Waals surface area contributed by atoms with Gasteiger partial charge in [0.05, 0.1) is 11.6 Å². The molecular weight excluding hydrogens is 356 g/mol. The topological polar surface area (TPSA) is 82.1 Å². The van der Waals surface area contributed by atoms with E-state index in [1.807, 2.05) is 18.2 Å². The van der Waals surface area contributed by atoms with Crippen LogP contribution in [0.2, 0.25) is 0 Å². The van der Waals surface area contributed by atoms with Gasteiger partial charge in [-0.15, -0.1) is 0 Å². The fourth-order valence-electron chi connectivity index (χ4n) is 3.23. The molecule has 1 N–H and O–H groups in total. The second kappa shape index (κ2) is 9.12. The third kappa shape index (κ3) is 4.54. The molecule has 28 heavy (non-hydrogen) atoms. The van der Waals surface area contributed by atoms with Gasteiger partial charge in [0, 0.05) is 25.3 Å². The molecule has 3 rings (SSSR count). The van der Waals surface area contributed by atoms with Gasteiger partial charge in [-0.2, -0.15) is 4.99 Å². The van der Waals surface area contributed by atoms with E-state index in [9.17, 15) is 14.4 Å². The van der Waals surface area contributed by atoms with E-state index >= 15 is 0 Å². The summed E-state index contributed by atoms with van der Waals surface area (Å²) in [5.74, 6) is -1.36. The summed E-state index contributed by atoms with van der Waals surface area (Å²) in [5, 5.41) is 2.78. The van der Waals surface area contributed by atoms with Gasteiger partial charge in [-0.1, -0.05) is 36.4 Å². The van der Waals surface area contributed by atoms with Crippen molar-refractivity contribution in [2.45, 2.75) is 13.3 Å². The third-order valence-corrected chi connectivity index (χ3v) is 4.72. The van der Waals surface area contributed by atoms with Crippen molar-refractivity contribution in [3.8, 4) is 0 Å². The summed E-state index contributed by atoms with van der Waals surface area (Å²) in [6, 6.07) is 9.40. The van der Waals surface area contributed by atoms with Crippen molar-refractivity contribution in [2.24, 2.45) is 10.9 Å². The van der Waals surface area contributed by atoms with Crippen LogP contribution in [0.3, 0.4) is 0 Å². The van der Waals surface area contributed by atoms with E-state index in [0.717, 1.165) is 30.1 Å². The van der Waals surface area contributed by atoms with Crippen molar-refractivity contribution in [1.29, 1.82) is 0 Å². The molecule has 0 aromatic heterocycles. The first kappa shape index (κ1) is 19.5. The minimum Gasteiger partial charge on any atom is -0.372 e. The van der Waals surface area contributed by atoms with Crippen molar-refractivity contribution in [2.75, 3.05) is 31.1 Å². The lowest BCUT2D eigenvalue weighted by atomic mass is 9.95. The zero-order valence-corrected chi connectivity index (χ0v) is 15.9. The van der Waals surface area contributed by atoms with Crippen LogP contribution in [0.1, 0.15) is 13.3 Å². The lowest BCUT2D eigenvalue weighted by Gasteiger charge is -2.27. The van der Waals surface area contributed by atoms with E-state index in [2.05, 4.69) is 34.3 Å². The Bertz CT molecular complexity index is 829. The standard InChI is InChI=1S/C21H24N4O3/c1-2-24(16-9-4-3-5-10-16)14-8-13-22-19(26)15-25-20(27)17-11-6-7-12-18(17)23-21(25)28/h3-7,9-12,17H,2,8,13-15H2,1H3,(H,22,26). The molecule has 0 spiro atoms. The number of allylic oxidation sites excluding steroid dienone is 3. The van der Waals surface area contributed by atoms with Gasteiger partial charge in [0.25, 0.3) is 0 Å². The minimum absolute atomic E-state index is 0.307. The van der Waals surface area contributed by atoms with Crippen molar-refractivity contribution in [3.05, 3.63) is 54.6 Å². The highest BCUT2D eigenvalue weighted by Gasteiger charge is 2.36. The van der Waals surface area contributed by atoms with E-state index in [0.29, 0.717) is 12.3 Å². The Balaban J connectivity index is 1.46. The molecule has 1 heterocycles. The van der Waals surface area contributed by atoms with Crippen molar-refractivity contribution in [1.82, 2.24) is 10.2 Å². The van der Waals surface area contributed by atoms with Crippen LogP contribution in [0, 0.1) is 5.92 Å². The molecule has 1 aromatic rings. The molecule has 4 amide bonds. The van der Waals surface area contributed by atoms with Gasteiger partial charge in [0.1, 0.15) is 6.54 Å². The normalized spacial score (nSPS) is 18.0. The van der Waals surface area contributed by atoms with Gasteiger partial charge < -0.3 is 10.2 Å². The molecule has 1 aliphatic carbocycles. The van der Waals surface area contributed by atoms with Gasteiger partial charge in [-0.25, -0.2) is 4.79 Å². The van der Waals surface area contributed by atoms with Gasteiger partial charge in [0.15, 0.2) is 0 Å². The number of nitrogens with one attached hydrogen (secondary N) is 1. The monoisotopic (exact) mass is 380 g/mol. The molecule has 2 aliphatic rings. The Morgan fingerprint density at radius 1 is 1.21 bits per heavy atom. The van der Waals surface area contributed by atoms with Crippen LogP contribution in [-0.4, -0.2) is 54.6 Å². The highest BCUT2D eigenvalue weighted by molar-refractivity contribution is 6.22. The van der Waals surface area contributed by atoms with Gasteiger partial charge in [-0.3, -0.25) is 14.5 Å². The second-order valence-electron chi connectivity index (χ2n) is 6.58. The first-order chi connectivity index (χ1) is 13.6. The smallest absolute Gasteiger partial charge is 0.351 e. The summed E-state index contributed by atoms with van der Waals surface area (Å²) >= 11 is 0. The number of carbonyl (C=O) groups excluding carboxylic acids is 3. The number of urea groups is 1. The highest BCUT2D eigenvalue weighted by Crippen LogP contribution is 2.19. The number of hydrogen-bond acceptors (Lipinski definition) is 4. The fourth-order valence-corrected chi connectivity index (χ4v) is 3.23. The molecule has 0 radical (unpaired) electrons. The number of rotatable bonds is 8. The molecule has 0 fully saturated rings. The Kier molecular flexibility index (Phi) is 6.37. The van der Waals surface area contributed by atoms with Gasteiger partial charge in [0.2, 0.25) is 11.8 Å². The number of nitrogens with zero attached hydrogens (tertiary/aromatic N) is 3. The summed E-state index contributed by atoms with van der Waals surface area (Å²) in [7, 11) is 0.